The van der Waals surface area contributed by atoms with Crippen LogP contribution in [0, 0.1) is 11.8 Å². The fourth-order valence-electron chi connectivity index (χ4n) is 2.51. The van der Waals surface area contributed by atoms with Crippen LogP contribution in [0.25, 0.3) is 0 Å². The average Bonchev–Trinajstić information content (AvgIpc) is 2.50. The minimum absolute atomic E-state index is 0.729. The zero-order chi connectivity index (χ0) is 11.7. The van der Waals surface area contributed by atoms with Gasteiger partial charge in [-0.2, -0.15) is 5.10 Å². The Labute approximate surface area is 106 Å². The highest BCUT2D eigenvalue weighted by Crippen LogP contribution is 2.37. The fourth-order valence-corrected chi connectivity index (χ4v) is 3.29. The van der Waals surface area contributed by atoms with E-state index in [2.05, 4.69) is 28.0 Å². The molecule has 4 heteroatoms. The Hall–Kier alpha value is -0.350. The Morgan fingerprint density at radius 3 is 2.56 bits per heavy atom. The Morgan fingerprint density at radius 1 is 1.44 bits per heavy atom. The van der Waals surface area contributed by atoms with Gasteiger partial charge in [0.05, 0.1) is 15.9 Å². The fraction of sp³-hybridized carbons (Fsp3) is 0.750. The second kappa shape index (κ2) is 4.88. The van der Waals surface area contributed by atoms with Gasteiger partial charge in [0.1, 0.15) is 0 Å². The molecule has 2 N–H and O–H groups in total. The van der Waals surface area contributed by atoms with E-state index < -0.39 is 0 Å². The summed E-state index contributed by atoms with van der Waals surface area (Å²) in [5.41, 5.74) is 8.25. The van der Waals surface area contributed by atoms with Crippen molar-refractivity contribution in [2.24, 2.45) is 24.6 Å². The number of aryl methyl sites for hydroxylation is 2. The first-order valence-corrected chi connectivity index (χ1v) is 6.87. The molecule has 2 rings (SSSR count). The second-order valence-electron chi connectivity index (χ2n) is 4.72. The zero-order valence-corrected chi connectivity index (χ0v) is 11.6. The highest BCUT2D eigenvalue weighted by atomic mass is 79.9. The Balaban J connectivity index is 2.12. The molecular formula is C12H20BrN3. The van der Waals surface area contributed by atoms with Crippen molar-refractivity contribution in [2.75, 3.05) is 6.54 Å². The molecule has 16 heavy (non-hydrogen) atoms. The van der Waals surface area contributed by atoms with Crippen LogP contribution in [0.1, 0.15) is 31.2 Å². The minimum Gasteiger partial charge on any atom is -0.330 e. The number of rotatable bonds is 4. The zero-order valence-electron chi connectivity index (χ0n) is 10.0. The minimum atomic E-state index is 0.729. The molecule has 0 aromatic carbocycles. The molecule has 0 bridgehead atoms. The van der Waals surface area contributed by atoms with Crippen LogP contribution >= 0.6 is 15.9 Å². The Bertz CT molecular complexity index is 371. The van der Waals surface area contributed by atoms with Gasteiger partial charge in [0.25, 0.3) is 0 Å². The van der Waals surface area contributed by atoms with Crippen LogP contribution in [-0.4, -0.2) is 16.3 Å². The Kier molecular flexibility index (Phi) is 3.70. The lowest BCUT2D eigenvalue weighted by molar-refractivity contribution is 0.180. The van der Waals surface area contributed by atoms with Crippen LogP contribution < -0.4 is 5.73 Å². The summed E-state index contributed by atoms with van der Waals surface area (Å²) in [6.45, 7) is 2.98. The molecule has 1 saturated carbocycles. The summed E-state index contributed by atoms with van der Waals surface area (Å²) in [6.07, 6.45) is 4.73. The van der Waals surface area contributed by atoms with Crippen molar-refractivity contribution in [1.29, 1.82) is 0 Å². The van der Waals surface area contributed by atoms with Crippen molar-refractivity contribution < 1.29 is 0 Å². The molecule has 2 atom stereocenters. The third-order valence-electron chi connectivity index (χ3n) is 3.84. The van der Waals surface area contributed by atoms with Crippen LogP contribution in [0.3, 0.4) is 0 Å². The summed E-state index contributed by atoms with van der Waals surface area (Å²) in [5, 5.41) is 4.53. The number of hydrogen-bond acceptors (Lipinski definition) is 2. The van der Waals surface area contributed by atoms with Crippen LogP contribution in [0.4, 0.5) is 0 Å². The van der Waals surface area contributed by atoms with E-state index in [0.29, 0.717) is 0 Å². The molecule has 0 aliphatic heterocycles. The van der Waals surface area contributed by atoms with Gasteiger partial charge in [-0.05, 0) is 60.0 Å². The molecular weight excluding hydrogens is 266 g/mol. The van der Waals surface area contributed by atoms with Crippen LogP contribution in [0.15, 0.2) is 4.47 Å². The van der Waals surface area contributed by atoms with Gasteiger partial charge in [-0.3, -0.25) is 4.68 Å². The lowest BCUT2D eigenvalue weighted by atomic mass is 9.71. The number of nitrogens with zero attached hydrogens (tertiary/aromatic N) is 2. The molecule has 0 saturated heterocycles. The summed E-state index contributed by atoms with van der Waals surface area (Å²) in [4.78, 5) is 0. The summed E-state index contributed by atoms with van der Waals surface area (Å²) < 4.78 is 3.23. The molecule has 3 nitrogen and oxygen atoms in total. The lowest BCUT2D eigenvalue weighted by Crippen LogP contribution is -2.34. The third-order valence-corrected chi connectivity index (χ3v) is 4.75. The van der Waals surface area contributed by atoms with E-state index in [-0.39, 0.29) is 0 Å². The lowest BCUT2D eigenvalue weighted by Gasteiger charge is -2.35. The predicted molar refractivity (Wildman–Crippen MR) is 69.3 cm³/mol. The number of nitrogens with two attached hydrogens (primary N) is 1. The molecule has 2 unspecified atom stereocenters. The standard InChI is InChI=1S/C12H20BrN3/c1-3-10-12(13)11(16(2)15-10)6-8-4-5-9(8)7-14/h8-9H,3-7,14H2,1-2H3. The predicted octanol–water partition coefficient (Wildman–Crippen LogP) is 2.27. The first-order valence-electron chi connectivity index (χ1n) is 6.07. The van der Waals surface area contributed by atoms with Crippen molar-refractivity contribution in [2.45, 2.75) is 32.6 Å². The van der Waals surface area contributed by atoms with E-state index in [4.69, 9.17) is 5.73 Å². The summed E-state index contributed by atoms with van der Waals surface area (Å²) >= 11 is 3.67. The van der Waals surface area contributed by atoms with Gasteiger partial charge < -0.3 is 5.73 Å². The van der Waals surface area contributed by atoms with Crippen molar-refractivity contribution in [3.8, 4) is 0 Å². The van der Waals surface area contributed by atoms with E-state index in [1.807, 2.05) is 11.7 Å². The number of hydrogen-bond donors (Lipinski definition) is 1. The quantitative estimate of drug-likeness (QED) is 0.922. The van der Waals surface area contributed by atoms with Crippen molar-refractivity contribution in [3.63, 3.8) is 0 Å². The normalized spacial score (nSPS) is 24.5. The van der Waals surface area contributed by atoms with Crippen molar-refractivity contribution in [1.82, 2.24) is 9.78 Å². The average molecular weight is 286 g/mol. The van der Waals surface area contributed by atoms with Gasteiger partial charge >= 0.3 is 0 Å². The molecule has 1 aromatic rings. The smallest absolute Gasteiger partial charge is 0.0766 e. The molecule has 0 radical (unpaired) electrons. The molecule has 1 aliphatic rings. The number of aromatic nitrogens is 2. The highest BCUT2D eigenvalue weighted by molar-refractivity contribution is 9.10. The maximum atomic E-state index is 5.75. The largest absolute Gasteiger partial charge is 0.330 e. The Morgan fingerprint density at radius 2 is 2.12 bits per heavy atom. The third kappa shape index (κ3) is 2.05. The number of halogens is 1. The second-order valence-corrected chi connectivity index (χ2v) is 5.51. The molecule has 1 aliphatic carbocycles. The van der Waals surface area contributed by atoms with E-state index in [1.54, 1.807) is 0 Å². The topological polar surface area (TPSA) is 43.8 Å². The molecule has 0 amide bonds. The van der Waals surface area contributed by atoms with Crippen molar-refractivity contribution in [3.05, 3.63) is 15.9 Å². The molecule has 1 heterocycles. The van der Waals surface area contributed by atoms with Crippen LogP contribution in [0.5, 0.6) is 0 Å². The van der Waals surface area contributed by atoms with E-state index in [0.717, 1.165) is 31.2 Å². The summed E-state index contributed by atoms with van der Waals surface area (Å²) in [5.74, 6) is 1.49. The highest BCUT2D eigenvalue weighted by Gasteiger charge is 2.31. The van der Waals surface area contributed by atoms with Crippen LogP contribution in [-0.2, 0) is 19.9 Å². The first kappa shape index (κ1) is 12.1. The molecule has 90 valence electrons. The maximum absolute atomic E-state index is 5.75. The van der Waals surface area contributed by atoms with Gasteiger partial charge in [0, 0.05) is 7.05 Å². The van der Waals surface area contributed by atoms with Gasteiger partial charge in [0.15, 0.2) is 0 Å². The molecule has 0 spiro atoms. The first-order chi connectivity index (χ1) is 7.67. The van der Waals surface area contributed by atoms with E-state index in [1.165, 1.54) is 28.7 Å². The van der Waals surface area contributed by atoms with Gasteiger partial charge in [0.2, 0.25) is 0 Å². The monoisotopic (exact) mass is 285 g/mol. The molecule has 1 aromatic heterocycles. The summed E-state index contributed by atoms with van der Waals surface area (Å²) in [7, 11) is 2.04. The SMILES string of the molecule is CCc1nn(C)c(CC2CCC2CN)c1Br. The maximum Gasteiger partial charge on any atom is 0.0766 e. The van der Waals surface area contributed by atoms with Gasteiger partial charge in [-0.15, -0.1) is 0 Å². The van der Waals surface area contributed by atoms with E-state index in [9.17, 15) is 0 Å². The van der Waals surface area contributed by atoms with Crippen molar-refractivity contribution >= 4 is 15.9 Å². The van der Waals surface area contributed by atoms with Gasteiger partial charge in [-0.1, -0.05) is 6.92 Å². The van der Waals surface area contributed by atoms with Gasteiger partial charge in [-0.25, -0.2) is 0 Å². The van der Waals surface area contributed by atoms with E-state index >= 15 is 0 Å². The summed E-state index contributed by atoms with van der Waals surface area (Å²) in [6, 6.07) is 0. The van der Waals surface area contributed by atoms with Crippen LogP contribution in [0.2, 0.25) is 0 Å². The molecule has 1 fully saturated rings.